The van der Waals surface area contributed by atoms with Gasteiger partial charge in [0.25, 0.3) is 0 Å². The molecule has 1 saturated heterocycles. The number of carbonyl (C=O) groups excluding carboxylic acids is 1. The van der Waals surface area contributed by atoms with Crippen LogP contribution in [0.25, 0.3) is 0 Å². The van der Waals surface area contributed by atoms with Gasteiger partial charge in [-0.1, -0.05) is 25.0 Å². The molecule has 0 radical (unpaired) electrons. The average molecular weight is 284 g/mol. The Morgan fingerprint density at radius 1 is 1.26 bits per heavy atom. The van der Waals surface area contributed by atoms with Crippen molar-refractivity contribution in [2.75, 3.05) is 12.4 Å². The number of rotatable bonds is 3. The summed E-state index contributed by atoms with van der Waals surface area (Å²) in [5.41, 5.74) is 0.851. The largest absolute Gasteiger partial charge is 0.338 e. The Kier molecular flexibility index (Phi) is 5.20. The van der Waals surface area contributed by atoms with Crippen LogP contribution in [0.3, 0.4) is 0 Å². The van der Waals surface area contributed by atoms with Crippen molar-refractivity contribution < 1.29 is 9.18 Å². The van der Waals surface area contributed by atoms with E-state index in [9.17, 15) is 9.18 Å². The minimum Gasteiger partial charge on any atom is -0.338 e. The van der Waals surface area contributed by atoms with Gasteiger partial charge in [-0.05, 0) is 30.5 Å². The first kappa shape index (κ1) is 14.3. The minimum atomic E-state index is -0.274. The molecule has 104 valence electrons. The molecule has 2 nitrogen and oxygen atoms in total. The number of nitrogens with zero attached hydrogens (tertiary/aromatic N) is 1. The summed E-state index contributed by atoms with van der Waals surface area (Å²) in [5.74, 6) is 0.318. The van der Waals surface area contributed by atoms with Crippen LogP contribution in [0, 0.1) is 5.82 Å². The second-order valence-corrected chi connectivity index (χ2v) is 5.36. The number of amides is 1. The highest BCUT2D eigenvalue weighted by molar-refractivity contribution is 6.18. The Bertz CT molecular complexity index is 421. The molecular formula is C15H19ClFNO. The number of benzene rings is 1. The molecule has 0 aromatic heterocycles. The van der Waals surface area contributed by atoms with Gasteiger partial charge in [0, 0.05) is 18.5 Å². The van der Waals surface area contributed by atoms with E-state index in [1.54, 1.807) is 12.1 Å². The normalized spacial score (nSPS) is 20.1. The van der Waals surface area contributed by atoms with Gasteiger partial charge in [0.05, 0.1) is 6.42 Å². The van der Waals surface area contributed by atoms with Crippen molar-refractivity contribution >= 4 is 17.5 Å². The second-order valence-electron chi connectivity index (χ2n) is 5.05. The number of carbonyl (C=O) groups is 1. The van der Waals surface area contributed by atoms with Gasteiger partial charge in [-0.2, -0.15) is 0 Å². The highest BCUT2D eigenvalue weighted by atomic mass is 35.5. The summed E-state index contributed by atoms with van der Waals surface area (Å²) in [7, 11) is 0. The molecule has 1 aromatic carbocycles. The van der Waals surface area contributed by atoms with E-state index in [0.29, 0.717) is 12.3 Å². The maximum Gasteiger partial charge on any atom is 0.227 e. The molecule has 0 aliphatic carbocycles. The third-order valence-electron chi connectivity index (χ3n) is 3.64. The summed E-state index contributed by atoms with van der Waals surface area (Å²) in [4.78, 5) is 14.3. The zero-order valence-corrected chi connectivity index (χ0v) is 11.7. The van der Waals surface area contributed by atoms with E-state index < -0.39 is 0 Å². The SMILES string of the molecule is O=C(Cc1ccc(F)cc1)N1CCCCCC1CCl. The van der Waals surface area contributed by atoms with Crippen LogP contribution in [0.1, 0.15) is 31.2 Å². The lowest BCUT2D eigenvalue weighted by atomic mass is 10.1. The fraction of sp³-hybridized carbons (Fsp3) is 0.533. The van der Waals surface area contributed by atoms with E-state index >= 15 is 0 Å². The van der Waals surface area contributed by atoms with Crippen LogP contribution in [0.15, 0.2) is 24.3 Å². The van der Waals surface area contributed by atoms with Gasteiger partial charge in [0.15, 0.2) is 0 Å². The molecule has 2 rings (SSSR count). The monoisotopic (exact) mass is 283 g/mol. The number of hydrogen-bond acceptors (Lipinski definition) is 1. The fourth-order valence-electron chi connectivity index (χ4n) is 2.54. The summed E-state index contributed by atoms with van der Waals surface area (Å²) in [6.07, 6.45) is 4.65. The summed E-state index contributed by atoms with van der Waals surface area (Å²) >= 11 is 5.97. The first-order valence-electron chi connectivity index (χ1n) is 6.80. The molecule has 4 heteroatoms. The van der Waals surface area contributed by atoms with Crippen LogP contribution in [0.2, 0.25) is 0 Å². The number of likely N-dealkylation sites (tertiary alicyclic amines) is 1. The lowest BCUT2D eigenvalue weighted by Gasteiger charge is -2.28. The maximum atomic E-state index is 12.8. The van der Waals surface area contributed by atoms with Crippen LogP contribution in [0.4, 0.5) is 4.39 Å². The Balaban J connectivity index is 2.02. The van der Waals surface area contributed by atoms with Crippen molar-refractivity contribution in [3.05, 3.63) is 35.6 Å². The van der Waals surface area contributed by atoms with Gasteiger partial charge in [-0.3, -0.25) is 4.79 Å². The van der Waals surface area contributed by atoms with Crippen molar-refractivity contribution in [2.45, 2.75) is 38.1 Å². The zero-order chi connectivity index (χ0) is 13.7. The van der Waals surface area contributed by atoms with Crippen molar-refractivity contribution in [3.63, 3.8) is 0 Å². The fourth-order valence-corrected chi connectivity index (χ4v) is 2.87. The van der Waals surface area contributed by atoms with E-state index in [1.165, 1.54) is 12.1 Å². The van der Waals surface area contributed by atoms with Gasteiger partial charge in [-0.25, -0.2) is 4.39 Å². The molecule has 0 bridgehead atoms. The number of hydrogen-bond donors (Lipinski definition) is 0. The third-order valence-corrected chi connectivity index (χ3v) is 4.00. The van der Waals surface area contributed by atoms with Crippen molar-refractivity contribution in [3.8, 4) is 0 Å². The minimum absolute atomic E-state index is 0.0964. The third kappa shape index (κ3) is 3.93. The van der Waals surface area contributed by atoms with E-state index in [4.69, 9.17) is 11.6 Å². The van der Waals surface area contributed by atoms with Crippen molar-refractivity contribution in [1.82, 2.24) is 4.90 Å². The molecule has 19 heavy (non-hydrogen) atoms. The molecule has 1 heterocycles. The average Bonchev–Trinajstić information content (AvgIpc) is 2.66. The van der Waals surface area contributed by atoms with Crippen LogP contribution in [-0.4, -0.2) is 29.3 Å². The molecule has 1 unspecified atom stereocenters. The standard InChI is InChI=1S/C15H19ClFNO/c16-11-14-4-2-1-3-9-18(14)15(19)10-12-5-7-13(17)8-6-12/h5-8,14H,1-4,9-11H2. The highest BCUT2D eigenvalue weighted by Crippen LogP contribution is 2.19. The molecule has 0 N–H and O–H groups in total. The Morgan fingerprint density at radius 3 is 2.68 bits per heavy atom. The molecule has 0 spiro atoms. The smallest absolute Gasteiger partial charge is 0.227 e. The Labute approximate surface area is 118 Å². The van der Waals surface area contributed by atoms with Crippen LogP contribution in [-0.2, 0) is 11.2 Å². The van der Waals surface area contributed by atoms with Gasteiger partial charge in [0.2, 0.25) is 5.91 Å². The predicted molar refractivity (Wildman–Crippen MR) is 74.8 cm³/mol. The Morgan fingerprint density at radius 2 is 2.00 bits per heavy atom. The first-order valence-corrected chi connectivity index (χ1v) is 7.34. The van der Waals surface area contributed by atoms with Gasteiger partial charge >= 0.3 is 0 Å². The van der Waals surface area contributed by atoms with Gasteiger partial charge in [-0.15, -0.1) is 11.6 Å². The predicted octanol–water partition coefficient (Wildman–Crippen LogP) is 3.38. The van der Waals surface area contributed by atoms with Gasteiger partial charge < -0.3 is 4.90 Å². The quantitative estimate of drug-likeness (QED) is 0.779. The molecule has 1 amide bonds. The lowest BCUT2D eigenvalue weighted by molar-refractivity contribution is -0.132. The van der Waals surface area contributed by atoms with E-state index in [-0.39, 0.29) is 17.8 Å². The molecule has 1 aliphatic rings. The molecule has 1 aromatic rings. The molecular weight excluding hydrogens is 265 g/mol. The second kappa shape index (κ2) is 6.90. The van der Waals surface area contributed by atoms with Crippen molar-refractivity contribution in [1.29, 1.82) is 0 Å². The summed E-state index contributed by atoms with van der Waals surface area (Å²) in [6.45, 7) is 0.789. The highest BCUT2D eigenvalue weighted by Gasteiger charge is 2.24. The molecule has 1 atom stereocenters. The topological polar surface area (TPSA) is 20.3 Å². The van der Waals surface area contributed by atoms with Crippen LogP contribution < -0.4 is 0 Å². The van der Waals surface area contributed by atoms with E-state index in [2.05, 4.69) is 0 Å². The zero-order valence-electron chi connectivity index (χ0n) is 10.9. The van der Waals surface area contributed by atoms with E-state index in [1.807, 2.05) is 4.90 Å². The maximum absolute atomic E-state index is 12.8. The lowest BCUT2D eigenvalue weighted by Crippen LogP contribution is -2.41. The first-order chi connectivity index (χ1) is 9.20. The number of halogens is 2. The molecule has 1 aliphatic heterocycles. The molecule has 1 fully saturated rings. The summed E-state index contributed by atoms with van der Waals surface area (Å²) in [6, 6.07) is 6.27. The summed E-state index contributed by atoms with van der Waals surface area (Å²) in [5, 5.41) is 0. The number of alkyl halides is 1. The van der Waals surface area contributed by atoms with Crippen LogP contribution in [0.5, 0.6) is 0 Å². The van der Waals surface area contributed by atoms with E-state index in [0.717, 1.165) is 37.8 Å². The Hall–Kier alpha value is -1.09. The summed E-state index contributed by atoms with van der Waals surface area (Å²) < 4.78 is 12.8. The molecule has 0 saturated carbocycles. The van der Waals surface area contributed by atoms with Gasteiger partial charge in [0.1, 0.15) is 5.82 Å². The van der Waals surface area contributed by atoms with Crippen molar-refractivity contribution in [2.24, 2.45) is 0 Å². The van der Waals surface area contributed by atoms with Crippen LogP contribution >= 0.6 is 11.6 Å².